The third-order valence-corrected chi connectivity index (χ3v) is 4.67. The van der Waals surface area contributed by atoms with E-state index in [4.69, 9.17) is 0 Å². The normalized spacial score (nSPS) is 33.8. The van der Waals surface area contributed by atoms with Crippen LogP contribution in [0.25, 0.3) is 0 Å². The van der Waals surface area contributed by atoms with E-state index in [-0.39, 0.29) is 6.54 Å². The summed E-state index contributed by atoms with van der Waals surface area (Å²) in [4.78, 5) is 0.674. The van der Waals surface area contributed by atoms with Crippen molar-refractivity contribution in [2.24, 2.45) is 5.92 Å². The summed E-state index contributed by atoms with van der Waals surface area (Å²) in [5.41, 5.74) is 0. The fourth-order valence-corrected chi connectivity index (χ4v) is 3.47. The van der Waals surface area contributed by atoms with Crippen molar-refractivity contribution >= 4 is 15.9 Å². The van der Waals surface area contributed by atoms with Gasteiger partial charge in [0, 0.05) is 12.6 Å². The van der Waals surface area contributed by atoms with Gasteiger partial charge in [-0.25, -0.2) is 0 Å². The Morgan fingerprint density at radius 2 is 1.88 bits per heavy atom. The highest BCUT2D eigenvalue weighted by Crippen LogP contribution is 2.38. The largest absolute Gasteiger partial charge is 0.402 e. The minimum atomic E-state index is -4.12. The molecule has 1 nitrogen and oxygen atoms in total. The van der Waals surface area contributed by atoms with Crippen LogP contribution in [0, 0.1) is 5.92 Å². The number of fused-ring (bicyclic) bond motifs is 1. The van der Waals surface area contributed by atoms with Crippen LogP contribution < -0.4 is 0 Å². The second-order valence-electron chi connectivity index (χ2n) is 4.90. The van der Waals surface area contributed by atoms with Gasteiger partial charge in [-0.2, -0.15) is 13.2 Å². The lowest BCUT2D eigenvalue weighted by atomic mass is 9.92. The minimum Gasteiger partial charge on any atom is -0.299 e. The van der Waals surface area contributed by atoms with Gasteiger partial charge in [0.25, 0.3) is 0 Å². The number of hydrogen-bond acceptors (Lipinski definition) is 1. The van der Waals surface area contributed by atoms with Gasteiger partial charge in [0.2, 0.25) is 0 Å². The molecule has 1 aliphatic heterocycles. The smallest absolute Gasteiger partial charge is 0.299 e. The van der Waals surface area contributed by atoms with Gasteiger partial charge in [0.15, 0.2) is 0 Å². The molecule has 94 valence electrons. The minimum absolute atomic E-state index is 0.116. The first-order chi connectivity index (χ1) is 7.48. The molecule has 2 fully saturated rings. The van der Waals surface area contributed by atoms with Crippen LogP contribution in [0.2, 0.25) is 0 Å². The molecule has 2 aliphatic rings. The summed E-state index contributed by atoms with van der Waals surface area (Å²) in [6, 6.07) is 0.413. The third-order valence-electron chi connectivity index (χ3n) is 3.86. The average Bonchev–Trinajstić information content (AvgIpc) is 2.65. The number of nitrogens with zero attached hydrogens (tertiary/aromatic N) is 1. The zero-order valence-corrected chi connectivity index (χ0v) is 10.7. The highest BCUT2D eigenvalue weighted by atomic mass is 79.9. The van der Waals surface area contributed by atoms with Gasteiger partial charge in [-0.1, -0.05) is 22.4 Å². The molecular weight excluding hydrogens is 283 g/mol. The first-order valence-electron chi connectivity index (χ1n) is 5.93. The molecule has 5 heteroatoms. The standard InChI is InChI=1S/C11H17BrF3N/c12-10(11(13,14)15)7-16-6-2-4-8-3-1-5-9(8)16/h8-10H,1-7H2. The predicted molar refractivity (Wildman–Crippen MR) is 60.7 cm³/mol. The summed E-state index contributed by atoms with van der Waals surface area (Å²) in [6.07, 6.45) is 1.62. The van der Waals surface area contributed by atoms with E-state index < -0.39 is 11.0 Å². The Morgan fingerprint density at radius 1 is 1.19 bits per heavy atom. The van der Waals surface area contributed by atoms with Crippen LogP contribution in [0.5, 0.6) is 0 Å². The van der Waals surface area contributed by atoms with Crippen LogP contribution in [0.3, 0.4) is 0 Å². The number of likely N-dealkylation sites (tertiary alicyclic amines) is 1. The summed E-state index contributed by atoms with van der Waals surface area (Å²) in [5, 5.41) is 0. The molecule has 1 aliphatic carbocycles. The van der Waals surface area contributed by atoms with Crippen molar-refractivity contribution in [1.82, 2.24) is 4.90 Å². The maximum atomic E-state index is 12.5. The molecule has 3 unspecified atom stereocenters. The Labute approximate surface area is 103 Å². The van der Waals surface area contributed by atoms with E-state index in [9.17, 15) is 13.2 Å². The van der Waals surface area contributed by atoms with Gasteiger partial charge in [-0.15, -0.1) is 0 Å². The van der Waals surface area contributed by atoms with Crippen molar-refractivity contribution in [3.63, 3.8) is 0 Å². The first kappa shape index (κ1) is 12.7. The molecule has 1 heterocycles. The van der Waals surface area contributed by atoms with Crippen molar-refractivity contribution < 1.29 is 13.2 Å². The molecule has 1 saturated carbocycles. The van der Waals surface area contributed by atoms with E-state index in [1.165, 1.54) is 19.3 Å². The summed E-state index contributed by atoms with van der Waals surface area (Å²) < 4.78 is 37.4. The highest BCUT2D eigenvalue weighted by molar-refractivity contribution is 9.09. The molecule has 1 saturated heterocycles. The lowest BCUT2D eigenvalue weighted by Crippen LogP contribution is -2.47. The van der Waals surface area contributed by atoms with Crippen LogP contribution in [0.4, 0.5) is 13.2 Å². The monoisotopic (exact) mass is 299 g/mol. The number of piperidine rings is 1. The van der Waals surface area contributed by atoms with Gasteiger partial charge >= 0.3 is 6.18 Å². The second-order valence-corrected chi connectivity index (χ2v) is 6.01. The van der Waals surface area contributed by atoms with E-state index in [1.54, 1.807) is 0 Å². The van der Waals surface area contributed by atoms with E-state index in [1.807, 2.05) is 4.90 Å². The van der Waals surface area contributed by atoms with E-state index in [2.05, 4.69) is 15.9 Å². The quantitative estimate of drug-likeness (QED) is 0.705. The fraction of sp³-hybridized carbons (Fsp3) is 1.00. The van der Waals surface area contributed by atoms with Gasteiger partial charge < -0.3 is 0 Å². The SMILES string of the molecule is FC(F)(F)C(Br)CN1CCCC2CCCC21. The first-order valence-corrected chi connectivity index (χ1v) is 6.85. The van der Waals surface area contributed by atoms with Crippen LogP contribution in [0.15, 0.2) is 0 Å². The van der Waals surface area contributed by atoms with E-state index in [0.29, 0.717) is 12.0 Å². The highest BCUT2D eigenvalue weighted by Gasteiger charge is 2.42. The molecular formula is C11H17BrF3N. The number of alkyl halides is 4. The maximum Gasteiger partial charge on any atom is 0.402 e. The zero-order valence-electron chi connectivity index (χ0n) is 9.14. The molecule has 0 bridgehead atoms. The van der Waals surface area contributed by atoms with Crippen molar-refractivity contribution in [1.29, 1.82) is 0 Å². The Hall–Kier alpha value is 0.230. The molecule has 0 spiro atoms. The summed E-state index contributed by atoms with van der Waals surface area (Å²) in [6.45, 7) is 0.948. The van der Waals surface area contributed by atoms with Crippen molar-refractivity contribution in [3.8, 4) is 0 Å². The molecule has 16 heavy (non-hydrogen) atoms. The van der Waals surface area contributed by atoms with Gasteiger partial charge in [-0.05, 0) is 38.1 Å². The lowest BCUT2D eigenvalue weighted by molar-refractivity contribution is -0.132. The molecule has 0 aromatic rings. The fourth-order valence-electron chi connectivity index (χ4n) is 3.09. The molecule has 0 aromatic heterocycles. The molecule has 0 N–H and O–H groups in total. The number of halogens is 4. The van der Waals surface area contributed by atoms with Crippen molar-refractivity contribution in [2.45, 2.75) is 49.1 Å². The molecule has 0 amide bonds. The summed E-state index contributed by atoms with van der Waals surface area (Å²) >= 11 is 2.76. The molecule has 3 atom stereocenters. The van der Waals surface area contributed by atoms with Crippen molar-refractivity contribution in [3.05, 3.63) is 0 Å². The Balaban J connectivity index is 1.93. The summed E-state index contributed by atoms with van der Waals surface area (Å²) in [7, 11) is 0. The topological polar surface area (TPSA) is 3.24 Å². The molecule has 0 aromatic carbocycles. The molecule has 2 rings (SSSR count). The average molecular weight is 300 g/mol. The molecule has 0 radical (unpaired) electrons. The van der Waals surface area contributed by atoms with Gasteiger partial charge in [-0.3, -0.25) is 4.90 Å². The van der Waals surface area contributed by atoms with Crippen LogP contribution in [-0.2, 0) is 0 Å². The van der Waals surface area contributed by atoms with Gasteiger partial charge in [0.1, 0.15) is 4.83 Å². The predicted octanol–water partition coefficient (Wildman–Crippen LogP) is 3.58. The zero-order chi connectivity index (χ0) is 11.8. The lowest BCUT2D eigenvalue weighted by Gasteiger charge is -2.39. The summed E-state index contributed by atoms with van der Waals surface area (Å²) in [5.74, 6) is 0.654. The third kappa shape index (κ3) is 2.73. The van der Waals surface area contributed by atoms with Crippen molar-refractivity contribution in [2.75, 3.05) is 13.1 Å². The Morgan fingerprint density at radius 3 is 2.56 bits per heavy atom. The Bertz CT molecular complexity index is 244. The number of hydrogen-bond donors (Lipinski definition) is 0. The van der Waals surface area contributed by atoms with E-state index in [0.717, 1.165) is 19.4 Å². The maximum absolute atomic E-state index is 12.5. The van der Waals surface area contributed by atoms with Gasteiger partial charge in [0.05, 0.1) is 0 Å². The second kappa shape index (κ2) is 4.84. The Kier molecular flexibility index (Phi) is 3.84. The van der Waals surface area contributed by atoms with E-state index >= 15 is 0 Å². The van der Waals surface area contributed by atoms with Crippen LogP contribution in [-0.4, -0.2) is 35.0 Å². The van der Waals surface area contributed by atoms with Crippen LogP contribution in [0.1, 0.15) is 32.1 Å². The number of rotatable bonds is 2. The van der Waals surface area contributed by atoms with Crippen LogP contribution >= 0.6 is 15.9 Å².